The van der Waals surface area contributed by atoms with Gasteiger partial charge >= 0.3 is 0 Å². The van der Waals surface area contributed by atoms with Crippen LogP contribution in [0.4, 0.5) is 0 Å². The topological polar surface area (TPSA) is 43.6 Å². The van der Waals surface area contributed by atoms with E-state index in [1.807, 2.05) is 72.4 Å². The number of rotatable bonds is 5. The van der Waals surface area contributed by atoms with E-state index in [9.17, 15) is 0 Å². The van der Waals surface area contributed by atoms with Crippen LogP contribution in [-0.4, -0.2) is 19.5 Å². The Hall–Kier alpha value is -6.30. The normalized spacial score (nSPS) is 13.6. The number of aromatic nitrogens is 4. The zero-order valence-electron chi connectivity index (χ0n) is 27.5. The molecular weight excluding hydrogens is 641 g/mol. The number of hydrogen-bond acceptors (Lipinski definition) is 4. The predicted octanol–water partition coefficient (Wildman–Crippen LogP) is 11.6. The van der Waals surface area contributed by atoms with Crippen molar-refractivity contribution in [3.8, 4) is 39.9 Å². The van der Waals surface area contributed by atoms with Crippen LogP contribution in [0.15, 0.2) is 186 Å². The summed E-state index contributed by atoms with van der Waals surface area (Å²) < 4.78 is 2.39. The lowest BCUT2D eigenvalue weighted by molar-refractivity contribution is 0.904. The summed E-state index contributed by atoms with van der Waals surface area (Å²) >= 11 is 1.87. The first-order chi connectivity index (χ1) is 25.3. The van der Waals surface area contributed by atoms with Crippen molar-refractivity contribution in [3.05, 3.63) is 193 Å². The molecule has 0 radical (unpaired) electrons. The zero-order valence-corrected chi connectivity index (χ0v) is 28.3. The van der Waals surface area contributed by atoms with Crippen molar-refractivity contribution in [3.63, 3.8) is 0 Å². The molecule has 240 valence electrons. The Balaban J connectivity index is 1.12. The molecule has 0 saturated heterocycles. The van der Waals surface area contributed by atoms with E-state index in [2.05, 4.69) is 120 Å². The number of fused-ring (bicyclic) bond motifs is 5. The second-order valence-corrected chi connectivity index (χ2v) is 13.9. The van der Waals surface area contributed by atoms with Crippen molar-refractivity contribution in [2.75, 3.05) is 0 Å². The van der Waals surface area contributed by atoms with E-state index in [0.717, 1.165) is 22.4 Å². The maximum Gasteiger partial charge on any atom is 0.164 e. The summed E-state index contributed by atoms with van der Waals surface area (Å²) in [4.78, 5) is 17.4. The second-order valence-electron chi connectivity index (χ2n) is 12.8. The molecule has 1 aliphatic heterocycles. The van der Waals surface area contributed by atoms with Gasteiger partial charge in [-0.3, -0.25) is 0 Å². The summed E-state index contributed by atoms with van der Waals surface area (Å²) in [6.07, 6.45) is 0. The van der Waals surface area contributed by atoms with Crippen LogP contribution in [0.2, 0.25) is 0 Å². The Labute approximate surface area is 300 Å². The van der Waals surface area contributed by atoms with Gasteiger partial charge in [-0.1, -0.05) is 139 Å². The summed E-state index contributed by atoms with van der Waals surface area (Å²) in [6, 6.07) is 62.2. The maximum absolute atomic E-state index is 4.96. The Morgan fingerprint density at radius 1 is 0.412 bits per heavy atom. The maximum atomic E-state index is 4.96. The molecule has 0 fully saturated rings. The van der Waals surface area contributed by atoms with Gasteiger partial charge in [0.2, 0.25) is 0 Å². The molecule has 1 atom stereocenters. The zero-order chi connectivity index (χ0) is 33.7. The third kappa shape index (κ3) is 5.13. The number of hydrogen-bond donors (Lipinski definition) is 0. The van der Waals surface area contributed by atoms with Gasteiger partial charge in [-0.25, -0.2) is 15.0 Å². The number of para-hydroxylation sites is 1. The summed E-state index contributed by atoms with van der Waals surface area (Å²) in [6.45, 7) is 0. The van der Waals surface area contributed by atoms with Crippen LogP contribution in [0.3, 0.4) is 0 Å². The Kier molecular flexibility index (Phi) is 7.10. The van der Waals surface area contributed by atoms with Crippen LogP contribution >= 0.6 is 11.8 Å². The van der Waals surface area contributed by atoms with E-state index >= 15 is 0 Å². The molecule has 0 spiro atoms. The quantitative estimate of drug-likeness (QED) is 0.183. The number of nitrogens with zero attached hydrogens (tertiary/aromatic N) is 4. The Morgan fingerprint density at radius 2 is 0.961 bits per heavy atom. The smallest absolute Gasteiger partial charge is 0.164 e. The summed E-state index contributed by atoms with van der Waals surface area (Å²) in [5.74, 6) is 2.13. The molecule has 1 aliphatic rings. The Bertz CT molecular complexity index is 2650. The van der Waals surface area contributed by atoms with Gasteiger partial charge in [-0.15, -0.1) is 0 Å². The molecule has 0 N–H and O–H groups in total. The van der Waals surface area contributed by atoms with E-state index in [-0.39, 0.29) is 5.92 Å². The molecule has 4 nitrogen and oxygen atoms in total. The van der Waals surface area contributed by atoms with Crippen molar-refractivity contribution in [1.82, 2.24) is 19.5 Å². The van der Waals surface area contributed by atoms with E-state index in [0.29, 0.717) is 17.5 Å². The second kappa shape index (κ2) is 12.2. The van der Waals surface area contributed by atoms with Gasteiger partial charge < -0.3 is 4.57 Å². The van der Waals surface area contributed by atoms with Gasteiger partial charge in [-0.2, -0.15) is 0 Å². The van der Waals surface area contributed by atoms with Crippen LogP contribution in [0.1, 0.15) is 22.6 Å². The molecule has 10 rings (SSSR count). The highest BCUT2D eigenvalue weighted by atomic mass is 32.2. The van der Waals surface area contributed by atoms with Crippen molar-refractivity contribution < 1.29 is 0 Å². The fourth-order valence-corrected chi connectivity index (χ4v) is 8.56. The van der Waals surface area contributed by atoms with Crippen molar-refractivity contribution >= 4 is 33.6 Å². The highest BCUT2D eigenvalue weighted by molar-refractivity contribution is 7.99. The lowest BCUT2D eigenvalue weighted by atomic mass is 9.84. The molecule has 2 aromatic heterocycles. The first kappa shape index (κ1) is 29.6. The van der Waals surface area contributed by atoms with E-state index in [1.165, 1.54) is 48.3 Å². The Morgan fingerprint density at radius 3 is 1.63 bits per heavy atom. The molecule has 3 heterocycles. The van der Waals surface area contributed by atoms with Gasteiger partial charge in [0.1, 0.15) is 0 Å². The molecule has 9 aromatic rings. The van der Waals surface area contributed by atoms with Gasteiger partial charge in [0.15, 0.2) is 17.5 Å². The highest BCUT2D eigenvalue weighted by Gasteiger charge is 2.29. The van der Waals surface area contributed by atoms with Gasteiger partial charge in [0.25, 0.3) is 0 Å². The van der Waals surface area contributed by atoms with Crippen LogP contribution in [-0.2, 0) is 0 Å². The largest absolute Gasteiger partial charge is 0.309 e. The lowest BCUT2D eigenvalue weighted by Gasteiger charge is -2.28. The van der Waals surface area contributed by atoms with Crippen LogP contribution in [0.25, 0.3) is 61.7 Å². The number of benzene rings is 7. The molecular formula is C46H30N4S. The summed E-state index contributed by atoms with van der Waals surface area (Å²) in [7, 11) is 0. The third-order valence-electron chi connectivity index (χ3n) is 9.78. The molecule has 0 saturated carbocycles. The molecule has 7 aromatic carbocycles. The standard InChI is InChI=1S/C46H30N4S/c1-4-14-30(15-5-1)43-36-21-11-13-23-41(36)51-42-29-40-37(28-38(42)43)35-20-10-12-22-39(35)50(40)34-26-24-33(25-27-34)46-48-44(31-16-6-2-7-17-31)47-45(49-46)32-18-8-3-9-19-32/h1-29,43H. The monoisotopic (exact) mass is 670 g/mol. The fourth-order valence-electron chi connectivity index (χ4n) is 7.40. The van der Waals surface area contributed by atoms with Crippen molar-refractivity contribution in [1.29, 1.82) is 0 Å². The van der Waals surface area contributed by atoms with Gasteiger partial charge in [0, 0.05) is 48.9 Å². The van der Waals surface area contributed by atoms with Crippen LogP contribution in [0, 0.1) is 0 Å². The van der Waals surface area contributed by atoms with Crippen LogP contribution < -0.4 is 0 Å². The van der Waals surface area contributed by atoms with E-state index < -0.39 is 0 Å². The summed E-state index contributed by atoms with van der Waals surface area (Å²) in [5.41, 5.74) is 10.3. The van der Waals surface area contributed by atoms with Gasteiger partial charge in [-0.05, 0) is 65.2 Å². The minimum absolute atomic E-state index is 0.173. The van der Waals surface area contributed by atoms with E-state index in [4.69, 9.17) is 15.0 Å². The first-order valence-corrected chi connectivity index (χ1v) is 18.0. The van der Waals surface area contributed by atoms with Gasteiger partial charge in [0.05, 0.1) is 11.0 Å². The molecule has 1 unspecified atom stereocenters. The minimum Gasteiger partial charge on any atom is -0.309 e. The third-order valence-corrected chi connectivity index (χ3v) is 10.9. The average Bonchev–Trinajstić information content (AvgIpc) is 3.53. The van der Waals surface area contributed by atoms with Crippen LogP contribution in [0.5, 0.6) is 0 Å². The van der Waals surface area contributed by atoms with Crippen molar-refractivity contribution in [2.24, 2.45) is 0 Å². The minimum atomic E-state index is 0.173. The predicted molar refractivity (Wildman–Crippen MR) is 208 cm³/mol. The molecule has 5 heteroatoms. The first-order valence-electron chi connectivity index (χ1n) is 17.1. The fraction of sp³-hybridized carbons (Fsp3) is 0.0217. The van der Waals surface area contributed by atoms with E-state index in [1.54, 1.807) is 0 Å². The highest BCUT2D eigenvalue weighted by Crippen LogP contribution is 2.50. The SMILES string of the molecule is c1ccc(-c2nc(-c3ccccc3)nc(-c3ccc(-n4c5ccccc5c5cc6c(cc54)Sc4ccccc4C6c4ccccc4)cc3)n2)cc1. The van der Waals surface area contributed by atoms with Crippen molar-refractivity contribution in [2.45, 2.75) is 15.7 Å². The lowest BCUT2D eigenvalue weighted by Crippen LogP contribution is -2.10. The average molecular weight is 671 g/mol. The molecule has 0 aliphatic carbocycles. The molecule has 0 amide bonds. The molecule has 0 bridgehead atoms. The summed E-state index contributed by atoms with van der Waals surface area (Å²) in [5, 5.41) is 2.50. The molecule has 51 heavy (non-hydrogen) atoms.